The van der Waals surface area contributed by atoms with Crippen molar-refractivity contribution in [2.45, 2.75) is 31.9 Å². The van der Waals surface area contributed by atoms with Crippen molar-refractivity contribution in [3.8, 4) is 0 Å². The van der Waals surface area contributed by atoms with Gasteiger partial charge in [0.25, 0.3) is 0 Å². The van der Waals surface area contributed by atoms with Gasteiger partial charge in [-0.2, -0.15) is 0 Å². The monoisotopic (exact) mass is 175 g/mol. The SMILES string of the molecule is CCOCC1(F)CCCNCC1. The summed E-state index contributed by atoms with van der Waals surface area (Å²) in [6, 6.07) is 0. The molecule has 0 radical (unpaired) electrons. The van der Waals surface area contributed by atoms with Crippen molar-refractivity contribution in [3.63, 3.8) is 0 Å². The van der Waals surface area contributed by atoms with Gasteiger partial charge in [0.05, 0.1) is 6.61 Å². The van der Waals surface area contributed by atoms with Gasteiger partial charge < -0.3 is 10.1 Å². The van der Waals surface area contributed by atoms with Crippen molar-refractivity contribution < 1.29 is 9.13 Å². The lowest BCUT2D eigenvalue weighted by Gasteiger charge is -2.22. The maximum atomic E-state index is 13.9. The minimum absolute atomic E-state index is 0.269. The fraction of sp³-hybridized carbons (Fsp3) is 1.00. The summed E-state index contributed by atoms with van der Waals surface area (Å²) in [5.41, 5.74) is -1.07. The Hall–Kier alpha value is -0.150. The molecule has 0 aromatic rings. The molecule has 72 valence electrons. The topological polar surface area (TPSA) is 21.3 Å². The van der Waals surface area contributed by atoms with E-state index in [1.165, 1.54) is 0 Å². The third-order valence-corrected chi connectivity index (χ3v) is 2.29. The van der Waals surface area contributed by atoms with Gasteiger partial charge in [-0.25, -0.2) is 4.39 Å². The van der Waals surface area contributed by atoms with E-state index in [2.05, 4.69) is 5.32 Å². The molecule has 1 saturated heterocycles. The number of halogens is 1. The smallest absolute Gasteiger partial charge is 0.135 e. The number of ether oxygens (including phenoxy) is 1. The van der Waals surface area contributed by atoms with Gasteiger partial charge >= 0.3 is 0 Å². The average Bonchev–Trinajstić information content (AvgIpc) is 2.27. The van der Waals surface area contributed by atoms with Crippen LogP contribution in [0.25, 0.3) is 0 Å². The number of nitrogens with one attached hydrogen (secondary N) is 1. The molecule has 1 atom stereocenters. The zero-order valence-electron chi connectivity index (χ0n) is 7.74. The molecule has 2 nitrogen and oxygen atoms in total. The van der Waals surface area contributed by atoms with Gasteiger partial charge in [-0.05, 0) is 39.3 Å². The summed E-state index contributed by atoms with van der Waals surface area (Å²) in [5.74, 6) is 0. The highest BCUT2D eigenvalue weighted by atomic mass is 19.1. The Morgan fingerprint density at radius 2 is 2.25 bits per heavy atom. The first-order chi connectivity index (χ1) is 5.77. The number of hydrogen-bond donors (Lipinski definition) is 1. The molecule has 0 amide bonds. The minimum Gasteiger partial charge on any atom is -0.378 e. The molecule has 0 aliphatic carbocycles. The van der Waals surface area contributed by atoms with E-state index in [1.54, 1.807) is 0 Å². The van der Waals surface area contributed by atoms with Crippen LogP contribution in [0.1, 0.15) is 26.2 Å². The normalized spacial score (nSPS) is 31.5. The molecule has 0 bridgehead atoms. The summed E-state index contributed by atoms with van der Waals surface area (Å²) in [6.07, 6.45) is 2.15. The van der Waals surface area contributed by atoms with Crippen LogP contribution in [0.3, 0.4) is 0 Å². The quantitative estimate of drug-likeness (QED) is 0.702. The lowest BCUT2D eigenvalue weighted by atomic mass is 9.98. The van der Waals surface area contributed by atoms with E-state index in [1.807, 2.05) is 6.92 Å². The predicted molar refractivity (Wildman–Crippen MR) is 47.1 cm³/mol. The Kier molecular flexibility index (Phi) is 3.95. The molecule has 1 unspecified atom stereocenters. The summed E-state index contributed by atoms with van der Waals surface area (Å²) >= 11 is 0. The molecule has 1 rings (SSSR count). The maximum Gasteiger partial charge on any atom is 0.135 e. The van der Waals surface area contributed by atoms with E-state index in [4.69, 9.17) is 4.74 Å². The third-order valence-electron chi connectivity index (χ3n) is 2.29. The number of rotatable bonds is 3. The summed E-state index contributed by atoms with van der Waals surface area (Å²) in [4.78, 5) is 0. The second-order valence-electron chi connectivity index (χ2n) is 3.39. The van der Waals surface area contributed by atoms with Gasteiger partial charge in [0.2, 0.25) is 0 Å². The van der Waals surface area contributed by atoms with Crippen LogP contribution in [-0.4, -0.2) is 32.0 Å². The van der Waals surface area contributed by atoms with Crippen LogP contribution < -0.4 is 5.32 Å². The van der Waals surface area contributed by atoms with E-state index >= 15 is 0 Å². The molecule has 1 N–H and O–H groups in total. The molecule has 0 aromatic heterocycles. The van der Waals surface area contributed by atoms with Crippen molar-refractivity contribution in [3.05, 3.63) is 0 Å². The molecule has 1 heterocycles. The Bertz CT molecular complexity index is 122. The molecule has 1 fully saturated rings. The van der Waals surface area contributed by atoms with E-state index < -0.39 is 5.67 Å². The highest BCUT2D eigenvalue weighted by molar-refractivity contribution is 4.82. The summed E-state index contributed by atoms with van der Waals surface area (Å²) in [6.45, 7) is 4.50. The fourth-order valence-corrected chi connectivity index (χ4v) is 1.52. The van der Waals surface area contributed by atoms with E-state index in [-0.39, 0.29) is 6.61 Å². The first kappa shape index (κ1) is 9.93. The fourth-order valence-electron chi connectivity index (χ4n) is 1.52. The summed E-state index contributed by atoms with van der Waals surface area (Å²) in [5, 5.41) is 3.18. The average molecular weight is 175 g/mol. The Morgan fingerprint density at radius 1 is 1.42 bits per heavy atom. The van der Waals surface area contributed by atoms with Crippen LogP contribution in [0.4, 0.5) is 4.39 Å². The van der Waals surface area contributed by atoms with Crippen molar-refractivity contribution in [1.82, 2.24) is 5.32 Å². The Morgan fingerprint density at radius 3 is 3.00 bits per heavy atom. The number of alkyl halides is 1. The van der Waals surface area contributed by atoms with E-state index in [0.717, 1.165) is 19.5 Å². The van der Waals surface area contributed by atoms with Gasteiger partial charge in [0, 0.05) is 6.61 Å². The molecule has 0 spiro atoms. The highest BCUT2D eigenvalue weighted by Gasteiger charge is 2.30. The molecule has 1 aliphatic heterocycles. The summed E-state index contributed by atoms with van der Waals surface area (Å²) < 4.78 is 19.0. The van der Waals surface area contributed by atoms with Gasteiger partial charge in [-0.1, -0.05) is 0 Å². The predicted octanol–water partition coefficient (Wildman–Crippen LogP) is 1.50. The zero-order chi connectivity index (χ0) is 8.86. The van der Waals surface area contributed by atoms with Crippen molar-refractivity contribution in [2.24, 2.45) is 0 Å². The van der Waals surface area contributed by atoms with Gasteiger partial charge in [-0.15, -0.1) is 0 Å². The van der Waals surface area contributed by atoms with Gasteiger partial charge in [0.15, 0.2) is 0 Å². The second kappa shape index (κ2) is 4.77. The van der Waals surface area contributed by atoms with Crippen LogP contribution in [0.15, 0.2) is 0 Å². The molecule has 12 heavy (non-hydrogen) atoms. The second-order valence-corrected chi connectivity index (χ2v) is 3.39. The minimum atomic E-state index is -1.07. The Labute approximate surface area is 73.5 Å². The lowest BCUT2D eigenvalue weighted by molar-refractivity contribution is 0.0123. The van der Waals surface area contributed by atoms with Crippen molar-refractivity contribution in [1.29, 1.82) is 0 Å². The van der Waals surface area contributed by atoms with Gasteiger partial charge in [0.1, 0.15) is 5.67 Å². The first-order valence-corrected chi connectivity index (χ1v) is 4.74. The summed E-state index contributed by atoms with van der Waals surface area (Å²) in [7, 11) is 0. The van der Waals surface area contributed by atoms with Crippen LogP contribution >= 0.6 is 0 Å². The number of hydrogen-bond acceptors (Lipinski definition) is 2. The van der Waals surface area contributed by atoms with E-state index in [9.17, 15) is 4.39 Å². The van der Waals surface area contributed by atoms with Crippen LogP contribution in [0.5, 0.6) is 0 Å². The van der Waals surface area contributed by atoms with E-state index in [0.29, 0.717) is 19.4 Å². The zero-order valence-corrected chi connectivity index (χ0v) is 7.74. The maximum absolute atomic E-state index is 13.9. The highest BCUT2D eigenvalue weighted by Crippen LogP contribution is 2.24. The van der Waals surface area contributed by atoms with Crippen LogP contribution in [-0.2, 0) is 4.74 Å². The molecule has 1 aliphatic rings. The third kappa shape index (κ3) is 3.07. The van der Waals surface area contributed by atoms with Crippen LogP contribution in [0, 0.1) is 0 Å². The largest absolute Gasteiger partial charge is 0.378 e. The van der Waals surface area contributed by atoms with Crippen LogP contribution in [0.2, 0.25) is 0 Å². The van der Waals surface area contributed by atoms with Gasteiger partial charge in [-0.3, -0.25) is 0 Å². The molecule has 3 heteroatoms. The van der Waals surface area contributed by atoms with Crippen molar-refractivity contribution >= 4 is 0 Å². The standard InChI is InChI=1S/C9H18FNO/c1-2-12-8-9(10)4-3-6-11-7-5-9/h11H,2-8H2,1H3. The van der Waals surface area contributed by atoms with Crippen molar-refractivity contribution in [2.75, 3.05) is 26.3 Å². The first-order valence-electron chi connectivity index (χ1n) is 4.74. The Balaban J connectivity index is 2.32. The molecular weight excluding hydrogens is 157 g/mol. The molecule has 0 aromatic carbocycles. The molecular formula is C9H18FNO. The lowest BCUT2D eigenvalue weighted by Crippen LogP contribution is -2.30. The molecule has 0 saturated carbocycles.